The third kappa shape index (κ3) is 3.88. The van der Waals surface area contributed by atoms with Crippen LogP contribution in [0.2, 0.25) is 0 Å². The molecule has 152 valence electrons. The quantitative estimate of drug-likeness (QED) is 0.805. The summed E-state index contributed by atoms with van der Waals surface area (Å²) in [6.45, 7) is 7.62. The number of carbonyl (C=O) groups excluding carboxylic acids is 2. The number of rotatable bonds is 3. The predicted molar refractivity (Wildman–Crippen MR) is 110 cm³/mol. The molecule has 1 fully saturated rings. The number of carbonyl (C=O) groups is 2. The Morgan fingerprint density at radius 3 is 2.66 bits per heavy atom. The van der Waals surface area contributed by atoms with Gasteiger partial charge in [-0.2, -0.15) is 0 Å². The molecule has 2 unspecified atom stereocenters. The zero-order chi connectivity index (χ0) is 20.5. The number of benzene rings is 1. The number of fused-ring (bicyclic) bond motifs is 1. The van der Waals surface area contributed by atoms with Gasteiger partial charge >= 0.3 is 0 Å². The third-order valence-corrected chi connectivity index (χ3v) is 6.17. The van der Waals surface area contributed by atoms with Gasteiger partial charge in [0.1, 0.15) is 0 Å². The van der Waals surface area contributed by atoms with Crippen LogP contribution in [-0.2, 0) is 22.6 Å². The van der Waals surface area contributed by atoms with E-state index >= 15 is 0 Å². The van der Waals surface area contributed by atoms with Crippen molar-refractivity contribution in [1.82, 2.24) is 19.8 Å². The van der Waals surface area contributed by atoms with E-state index < -0.39 is 0 Å². The fourth-order valence-corrected chi connectivity index (χ4v) is 4.36. The minimum absolute atomic E-state index is 0.0148. The molecule has 3 heterocycles. The van der Waals surface area contributed by atoms with Crippen molar-refractivity contribution in [1.29, 1.82) is 0 Å². The number of amides is 2. The highest BCUT2D eigenvalue weighted by atomic mass is 16.2. The van der Waals surface area contributed by atoms with Crippen LogP contribution in [0.3, 0.4) is 0 Å². The molecule has 4 rings (SSSR count). The van der Waals surface area contributed by atoms with Crippen molar-refractivity contribution in [3.63, 3.8) is 0 Å². The summed E-state index contributed by atoms with van der Waals surface area (Å²) in [6.07, 6.45) is 4.48. The Labute approximate surface area is 172 Å². The fraction of sp³-hybridized carbons (Fsp3) is 0.478. The Morgan fingerprint density at radius 2 is 1.93 bits per heavy atom. The van der Waals surface area contributed by atoms with E-state index in [9.17, 15) is 9.59 Å². The predicted octanol–water partition coefficient (Wildman–Crippen LogP) is 3.16. The van der Waals surface area contributed by atoms with E-state index in [0.29, 0.717) is 13.1 Å². The lowest BCUT2D eigenvalue weighted by atomic mass is 9.97. The summed E-state index contributed by atoms with van der Waals surface area (Å²) in [5.74, 6) is 0.794. The monoisotopic (exact) mass is 392 g/mol. The SMILES string of the molecule is CC(=O)N1CCCC1c1ncc2c(n1)CCN(C(=O)C(C)c1ccc(C)cc1)C2. The summed E-state index contributed by atoms with van der Waals surface area (Å²) in [6, 6.07) is 8.15. The molecule has 29 heavy (non-hydrogen) atoms. The van der Waals surface area contributed by atoms with Crippen LogP contribution < -0.4 is 0 Å². The van der Waals surface area contributed by atoms with E-state index in [4.69, 9.17) is 4.98 Å². The summed E-state index contributed by atoms with van der Waals surface area (Å²) >= 11 is 0. The van der Waals surface area contributed by atoms with Crippen molar-refractivity contribution in [2.45, 2.75) is 58.5 Å². The average Bonchev–Trinajstić information content (AvgIpc) is 3.23. The van der Waals surface area contributed by atoms with Crippen LogP contribution in [0.5, 0.6) is 0 Å². The second-order valence-corrected chi connectivity index (χ2v) is 8.21. The van der Waals surface area contributed by atoms with Gasteiger partial charge in [0, 0.05) is 44.7 Å². The molecule has 0 aliphatic carbocycles. The maximum Gasteiger partial charge on any atom is 0.230 e. The number of aromatic nitrogens is 2. The molecule has 1 aromatic heterocycles. The standard InChI is InChI=1S/C23H28N4O2/c1-15-6-8-18(9-7-15)16(2)23(29)26-12-10-20-19(14-26)13-24-22(25-20)21-5-4-11-27(21)17(3)28/h6-9,13,16,21H,4-5,10-12,14H2,1-3H3. The van der Waals surface area contributed by atoms with Crippen LogP contribution in [0.4, 0.5) is 0 Å². The normalized spacial score (nSPS) is 19.8. The molecule has 0 spiro atoms. The number of aryl methyl sites for hydroxylation is 1. The van der Waals surface area contributed by atoms with E-state index in [1.54, 1.807) is 6.92 Å². The molecule has 0 N–H and O–H groups in total. The Bertz CT molecular complexity index is 925. The second-order valence-electron chi connectivity index (χ2n) is 8.21. The van der Waals surface area contributed by atoms with Gasteiger partial charge in [-0.15, -0.1) is 0 Å². The van der Waals surface area contributed by atoms with E-state index in [1.165, 1.54) is 5.56 Å². The van der Waals surface area contributed by atoms with Crippen molar-refractivity contribution in [2.75, 3.05) is 13.1 Å². The molecule has 2 aromatic rings. The van der Waals surface area contributed by atoms with Crippen molar-refractivity contribution in [2.24, 2.45) is 0 Å². The van der Waals surface area contributed by atoms with Crippen LogP contribution >= 0.6 is 0 Å². The van der Waals surface area contributed by atoms with Gasteiger partial charge < -0.3 is 9.80 Å². The molecule has 2 amide bonds. The first-order valence-corrected chi connectivity index (χ1v) is 10.4. The first kappa shape index (κ1) is 19.6. The maximum atomic E-state index is 13.0. The summed E-state index contributed by atoms with van der Waals surface area (Å²) in [5, 5.41) is 0. The minimum atomic E-state index is -0.167. The molecule has 6 nitrogen and oxygen atoms in total. The number of nitrogens with zero attached hydrogens (tertiary/aromatic N) is 4. The van der Waals surface area contributed by atoms with Gasteiger partial charge in [-0.1, -0.05) is 29.8 Å². The smallest absolute Gasteiger partial charge is 0.230 e. The molecule has 2 aliphatic rings. The first-order chi connectivity index (χ1) is 13.9. The summed E-state index contributed by atoms with van der Waals surface area (Å²) in [7, 11) is 0. The van der Waals surface area contributed by atoms with Gasteiger partial charge in [0.25, 0.3) is 0 Å². The third-order valence-electron chi connectivity index (χ3n) is 6.17. The van der Waals surface area contributed by atoms with Gasteiger partial charge in [-0.25, -0.2) is 9.97 Å². The highest BCUT2D eigenvalue weighted by molar-refractivity contribution is 5.83. The first-order valence-electron chi connectivity index (χ1n) is 10.4. The summed E-state index contributed by atoms with van der Waals surface area (Å²) in [5.41, 5.74) is 4.26. The molecule has 6 heteroatoms. The molecule has 2 aliphatic heterocycles. The van der Waals surface area contributed by atoms with Gasteiger partial charge in [-0.3, -0.25) is 9.59 Å². The topological polar surface area (TPSA) is 66.4 Å². The van der Waals surface area contributed by atoms with E-state index in [1.807, 2.05) is 54.1 Å². The van der Waals surface area contributed by atoms with E-state index in [-0.39, 0.29) is 23.8 Å². The molecule has 0 bridgehead atoms. The zero-order valence-corrected chi connectivity index (χ0v) is 17.4. The lowest BCUT2D eigenvalue weighted by Gasteiger charge is -2.31. The lowest BCUT2D eigenvalue weighted by molar-refractivity contribution is -0.133. The number of likely N-dealkylation sites (tertiary alicyclic amines) is 1. The molecule has 1 saturated heterocycles. The molecule has 1 aromatic carbocycles. The second kappa shape index (κ2) is 7.93. The molecular formula is C23H28N4O2. The van der Waals surface area contributed by atoms with Crippen molar-refractivity contribution in [3.05, 3.63) is 58.7 Å². The highest BCUT2D eigenvalue weighted by Crippen LogP contribution is 2.31. The van der Waals surface area contributed by atoms with Gasteiger partial charge in [0.15, 0.2) is 5.82 Å². The number of hydrogen-bond donors (Lipinski definition) is 0. The van der Waals surface area contributed by atoms with Crippen LogP contribution in [0.25, 0.3) is 0 Å². The average molecular weight is 393 g/mol. The Kier molecular flexibility index (Phi) is 5.35. The molecule has 0 saturated carbocycles. The molecule has 2 atom stereocenters. The van der Waals surface area contributed by atoms with Crippen LogP contribution in [0.1, 0.15) is 66.9 Å². The van der Waals surface area contributed by atoms with Gasteiger partial charge in [0.2, 0.25) is 11.8 Å². The Balaban J connectivity index is 1.48. The van der Waals surface area contributed by atoms with Crippen LogP contribution in [0, 0.1) is 6.92 Å². The van der Waals surface area contributed by atoms with Crippen molar-refractivity contribution >= 4 is 11.8 Å². The molecular weight excluding hydrogens is 364 g/mol. The summed E-state index contributed by atoms with van der Waals surface area (Å²) < 4.78 is 0. The van der Waals surface area contributed by atoms with Crippen LogP contribution in [-0.4, -0.2) is 44.7 Å². The van der Waals surface area contributed by atoms with Crippen molar-refractivity contribution < 1.29 is 9.59 Å². The largest absolute Gasteiger partial charge is 0.337 e. The fourth-order valence-electron chi connectivity index (χ4n) is 4.36. The van der Waals surface area contributed by atoms with Crippen molar-refractivity contribution in [3.8, 4) is 0 Å². The summed E-state index contributed by atoms with van der Waals surface area (Å²) in [4.78, 5) is 38.0. The minimum Gasteiger partial charge on any atom is -0.337 e. The molecule has 0 radical (unpaired) electrons. The van der Waals surface area contributed by atoms with Crippen LogP contribution in [0.15, 0.2) is 30.5 Å². The Morgan fingerprint density at radius 1 is 1.17 bits per heavy atom. The Hall–Kier alpha value is -2.76. The zero-order valence-electron chi connectivity index (χ0n) is 17.4. The van der Waals surface area contributed by atoms with E-state index in [0.717, 1.165) is 48.5 Å². The number of hydrogen-bond acceptors (Lipinski definition) is 4. The highest BCUT2D eigenvalue weighted by Gasteiger charge is 2.32. The lowest BCUT2D eigenvalue weighted by Crippen LogP contribution is -2.39. The van der Waals surface area contributed by atoms with E-state index in [2.05, 4.69) is 4.98 Å². The maximum absolute atomic E-state index is 13.0. The van der Waals surface area contributed by atoms with Gasteiger partial charge in [-0.05, 0) is 32.3 Å². The van der Waals surface area contributed by atoms with Gasteiger partial charge in [0.05, 0.1) is 17.7 Å².